The van der Waals surface area contributed by atoms with E-state index in [4.69, 9.17) is 4.74 Å². The molecule has 0 spiro atoms. The van der Waals surface area contributed by atoms with Crippen molar-refractivity contribution >= 4 is 22.9 Å². The van der Waals surface area contributed by atoms with Gasteiger partial charge in [0, 0.05) is 18.2 Å². The Morgan fingerprint density at radius 3 is 2.65 bits per heavy atom. The Labute approximate surface area is 122 Å². The van der Waals surface area contributed by atoms with Crippen molar-refractivity contribution in [2.75, 3.05) is 12.4 Å². The van der Waals surface area contributed by atoms with E-state index < -0.39 is 0 Å². The first-order valence-electron chi connectivity index (χ1n) is 6.37. The molecule has 1 amide bonds. The van der Waals surface area contributed by atoms with Gasteiger partial charge in [0.05, 0.1) is 18.7 Å². The maximum Gasteiger partial charge on any atom is 0.230 e. The lowest BCUT2D eigenvalue weighted by atomic mass is 10.1. The lowest BCUT2D eigenvalue weighted by Gasteiger charge is -2.06. The molecule has 0 radical (unpaired) electrons. The lowest BCUT2D eigenvalue weighted by molar-refractivity contribution is -0.115. The fourth-order valence-corrected chi connectivity index (χ4v) is 2.80. The molecule has 0 fully saturated rings. The van der Waals surface area contributed by atoms with Crippen LogP contribution in [0.25, 0.3) is 0 Å². The molecule has 0 saturated carbocycles. The van der Waals surface area contributed by atoms with Crippen LogP contribution in [0.1, 0.15) is 21.8 Å². The third-order valence-electron chi connectivity index (χ3n) is 2.71. The van der Waals surface area contributed by atoms with Gasteiger partial charge in [-0.2, -0.15) is 0 Å². The van der Waals surface area contributed by atoms with Crippen LogP contribution in [-0.4, -0.2) is 18.0 Å². The topological polar surface area (TPSA) is 51.2 Å². The van der Waals surface area contributed by atoms with Crippen molar-refractivity contribution in [3.63, 3.8) is 0 Å². The third-order valence-corrected chi connectivity index (χ3v) is 3.59. The van der Waals surface area contributed by atoms with Crippen LogP contribution in [0.5, 0.6) is 0 Å². The molecule has 4 nitrogen and oxygen atoms in total. The highest BCUT2D eigenvalue weighted by molar-refractivity contribution is 7.09. The average Bonchev–Trinajstić information content (AvgIpc) is 2.75. The summed E-state index contributed by atoms with van der Waals surface area (Å²) in [6.45, 7) is 4.52. The summed E-state index contributed by atoms with van der Waals surface area (Å²) >= 11 is 1.51. The monoisotopic (exact) mass is 290 g/mol. The number of methoxy groups -OCH3 is 1. The number of hydrogen-bond donors (Lipinski definition) is 1. The Morgan fingerprint density at radius 1 is 1.30 bits per heavy atom. The Hall–Kier alpha value is -1.72. The zero-order valence-corrected chi connectivity index (χ0v) is 12.7. The van der Waals surface area contributed by atoms with Gasteiger partial charge in [-0.3, -0.25) is 4.79 Å². The zero-order valence-electron chi connectivity index (χ0n) is 11.9. The zero-order chi connectivity index (χ0) is 14.5. The molecular weight excluding hydrogens is 272 g/mol. The van der Waals surface area contributed by atoms with Crippen LogP contribution < -0.4 is 5.32 Å². The van der Waals surface area contributed by atoms with Crippen LogP contribution in [0, 0.1) is 13.8 Å². The smallest absolute Gasteiger partial charge is 0.230 e. The van der Waals surface area contributed by atoms with Crippen molar-refractivity contribution in [1.82, 2.24) is 4.98 Å². The van der Waals surface area contributed by atoms with E-state index in [0.29, 0.717) is 6.61 Å². The highest BCUT2D eigenvalue weighted by atomic mass is 32.1. The molecule has 1 N–H and O–H groups in total. The van der Waals surface area contributed by atoms with Gasteiger partial charge in [-0.25, -0.2) is 4.98 Å². The summed E-state index contributed by atoms with van der Waals surface area (Å²) in [6.07, 6.45) is 0.285. The molecule has 1 heterocycles. The highest BCUT2D eigenvalue weighted by Gasteiger charge is 2.08. The fourth-order valence-electron chi connectivity index (χ4n) is 2.04. The number of benzene rings is 1. The second-order valence-corrected chi connectivity index (χ2v) is 5.71. The maximum atomic E-state index is 12.0. The molecule has 0 atom stereocenters. The minimum Gasteiger partial charge on any atom is -0.378 e. The van der Waals surface area contributed by atoms with Crippen molar-refractivity contribution in [3.05, 3.63) is 45.4 Å². The number of aromatic nitrogens is 1. The fraction of sp³-hybridized carbons (Fsp3) is 0.333. The number of rotatable bonds is 5. The number of carbonyl (C=O) groups excluding carboxylic acids is 1. The van der Waals surface area contributed by atoms with E-state index in [9.17, 15) is 4.79 Å². The van der Waals surface area contributed by atoms with Crippen LogP contribution in [0.3, 0.4) is 0 Å². The first-order valence-corrected chi connectivity index (χ1v) is 7.25. The van der Waals surface area contributed by atoms with Crippen molar-refractivity contribution in [1.29, 1.82) is 0 Å². The van der Waals surface area contributed by atoms with Gasteiger partial charge >= 0.3 is 0 Å². The minimum absolute atomic E-state index is 0.0516. The lowest BCUT2D eigenvalue weighted by Crippen LogP contribution is -2.14. The molecule has 20 heavy (non-hydrogen) atoms. The molecule has 2 aromatic rings. The SMILES string of the molecule is COCc1nc(CC(=O)Nc2cc(C)cc(C)c2)cs1. The molecule has 2 rings (SSSR count). The largest absolute Gasteiger partial charge is 0.378 e. The molecular formula is C15H18N2O2S. The number of thiazole rings is 1. The van der Waals surface area contributed by atoms with Crippen LogP contribution in [0.15, 0.2) is 23.6 Å². The second kappa shape index (κ2) is 6.63. The summed E-state index contributed by atoms with van der Waals surface area (Å²) in [6, 6.07) is 6.00. The van der Waals surface area contributed by atoms with Crippen molar-refractivity contribution in [2.45, 2.75) is 26.9 Å². The first-order chi connectivity index (χ1) is 9.56. The van der Waals surface area contributed by atoms with E-state index in [1.807, 2.05) is 31.4 Å². The van der Waals surface area contributed by atoms with Gasteiger partial charge in [-0.1, -0.05) is 6.07 Å². The van der Waals surface area contributed by atoms with E-state index in [1.54, 1.807) is 7.11 Å². The van der Waals surface area contributed by atoms with Crippen LogP contribution >= 0.6 is 11.3 Å². The van der Waals surface area contributed by atoms with E-state index in [1.165, 1.54) is 11.3 Å². The summed E-state index contributed by atoms with van der Waals surface area (Å²) in [5.41, 5.74) is 3.89. The van der Waals surface area contributed by atoms with Gasteiger partial charge in [-0.05, 0) is 37.1 Å². The van der Waals surface area contributed by atoms with Gasteiger partial charge in [-0.15, -0.1) is 11.3 Å². The molecule has 0 aliphatic rings. The molecule has 1 aromatic heterocycles. The molecule has 0 aliphatic heterocycles. The van der Waals surface area contributed by atoms with Gasteiger partial charge in [0.25, 0.3) is 0 Å². The number of ether oxygens (including phenoxy) is 1. The number of carbonyl (C=O) groups is 1. The summed E-state index contributed by atoms with van der Waals surface area (Å²) in [4.78, 5) is 16.3. The maximum absolute atomic E-state index is 12.0. The molecule has 5 heteroatoms. The van der Waals surface area contributed by atoms with Crippen LogP contribution in [0.4, 0.5) is 5.69 Å². The second-order valence-electron chi connectivity index (χ2n) is 4.77. The molecule has 0 bridgehead atoms. The number of nitrogens with zero attached hydrogens (tertiary/aromatic N) is 1. The number of aryl methyl sites for hydroxylation is 2. The van der Waals surface area contributed by atoms with Crippen LogP contribution in [-0.2, 0) is 22.6 Å². The predicted octanol–water partition coefficient (Wildman–Crippen LogP) is 3.09. The van der Waals surface area contributed by atoms with Gasteiger partial charge in [0.1, 0.15) is 5.01 Å². The number of hydrogen-bond acceptors (Lipinski definition) is 4. The molecule has 0 aliphatic carbocycles. The van der Waals surface area contributed by atoms with Crippen molar-refractivity contribution in [2.24, 2.45) is 0 Å². The number of amides is 1. The Bertz CT molecular complexity index is 587. The minimum atomic E-state index is -0.0516. The Kier molecular flexibility index (Phi) is 4.87. The molecule has 0 unspecified atom stereocenters. The highest BCUT2D eigenvalue weighted by Crippen LogP contribution is 2.15. The normalized spacial score (nSPS) is 10.6. The van der Waals surface area contributed by atoms with E-state index in [2.05, 4.69) is 16.4 Å². The molecule has 1 aromatic carbocycles. The molecule has 0 saturated heterocycles. The summed E-state index contributed by atoms with van der Waals surface area (Å²) in [7, 11) is 1.63. The molecule has 106 valence electrons. The van der Waals surface area contributed by atoms with Gasteiger partial charge in [0.15, 0.2) is 0 Å². The van der Waals surface area contributed by atoms with E-state index >= 15 is 0 Å². The summed E-state index contributed by atoms with van der Waals surface area (Å²) < 4.78 is 5.02. The quantitative estimate of drug-likeness (QED) is 0.920. The van der Waals surface area contributed by atoms with Gasteiger partial charge < -0.3 is 10.1 Å². The number of nitrogens with one attached hydrogen (secondary N) is 1. The Morgan fingerprint density at radius 2 is 2.00 bits per heavy atom. The van der Waals surface area contributed by atoms with E-state index in [0.717, 1.165) is 27.5 Å². The van der Waals surface area contributed by atoms with Crippen molar-refractivity contribution < 1.29 is 9.53 Å². The standard InChI is InChI=1S/C15H18N2O2S/c1-10-4-11(2)6-12(5-10)16-14(18)7-13-9-20-15(17-13)8-19-3/h4-6,9H,7-8H2,1-3H3,(H,16,18). The van der Waals surface area contributed by atoms with Crippen molar-refractivity contribution in [3.8, 4) is 0 Å². The first kappa shape index (κ1) is 14.7. The average molecular weight is 290 g/mol. The third kappa shape index (κ3) is 4.15. The number of anilines is 1. The summed E-state index contributed by atoms with van der Waals surface area (Å²) in [5, 5.41) is 5.70. The summed E-state index contributed by atoms with van der Waals surface area (Å²) in [5.74, 6) is -0.0516. The Balaban J connectivity index is 1.97. The van der Waals surface area contributed by atoms with Crippen LogP contribution in [0.2, 0.25) is 0 Å². The van der Waals surface area contributed by atoms with Gasteiger partial charge in [0.2, 0.25) is 5.91 Å². The van der Waals surface area contributed by atoms with E-state index in [-0.39, 0.29) is 12.3 Å². The predicted molar refractivity (Wildman–Crippen MR) is 81.1 cm³/mol.